The third kappa shape index (κ3) is 1.71. The molecule has 0 bridgehead atoms. The van der Waals surface area contributed by atoms with Gasteiger partial charge in [0.05, 0.1) is 12.7 Å². The highest BCUT2D eigenvalue weighted by molar-refractivity contribution is 9.10. The molecule has 3 aliphatic rings. The zero-order chi connectivity index (χ0) is 12.3. The van der Waals surface area contributed by atoms with Crippen molar-refractivity contribution < 1.29 is 9.84 Å². The first kappa shape index (κ1) is 11.3. The molecule has 1 aromatic rings. The fraction of sp³-hybridized carbons (Fsp3) is 0.600. The van der Waals surface area contributed by atoms with Crippen molar-refractivity contribution in [3.63, 3.8) is 0 Å². The summed E-state index contributed by atoms with van der Waals surface area (Å²) in [7, 11) is 0. The summed E-state index contributed by atoms with van der Waals surface area (Å²) in [5.41, 5.74) is 2.24. The molecule has 3 unspecified atom stereocenters. The van der Waals surface area contributed by atoms with E-state index in [-0.39, 0.29) is 6.10 Å². The Bertz CT molecular complexity index is 490. The molecule has 96 valence electrons. The van der Waals surface area contributed by atoms with E-state index in [4.69, 9.17) is 4.74 Å². The smallest absolute Gasteiger partial charge is 0.128 e. The molecule has 2 nitrogen and oxygen atoms in total. The molecule has 0 saturated heterocycles. The van der Waals surface area contributed by atoms with Crippen molar-refractivity contribution in [3.8, 4) is 5.75 Å². The first-order chi connectivity index (χ1) is 8.72. The van der Waals surface area contributed by atoms with Crippen LogP contribution < -0.4 is 4.74 Å². The van der Waals surface area contributed by atoms with E-state index in [0.717, 1.165) is 40.6 Å². The number of aliphatic hydroxyl groups is 1. The first-order valence-corrected chi connectivity index (χ1v) is 7.65. The van der Waals surface area contributed by atoms with Crippen LogP contribution in [0.1, 0.15) is 36.5 Å². The van der Waals surface area contributed by atoms with Crippen molar-refractivity contribution in [2.24, 2.45) is 17.8 Å². The Morgan fingerprint density at radius 1 is 1.22 bits per heavy atom. The van der Waals surface area contributed by atoms with E-state index >= 15 is 0 Å². The molecular formula is C15H17BrO2. The van der Waals surface area contributed by atoms with Crippen molar-refractivity contribution in [1.29, 1.82) is 0 Å². The van der Waals surface area contributed by atoms with Crippen LogP contribution in [0.25, 0.3) is 0 Å². The number of fused-ring (bicyclic) bond motifs is 2. The van der Waals surface area contributed by atoms with Crippen LogP contribution in [0.4, 0.5) is 0 Å². The Hall–Kier alpha value is -0.540. The Labute approximate surface area is 115 Å². The van der Waals surface area contributed by atoms with Gasteiger partial charge in [-0.1, -0.05) is 15.9 Å². The first-order valence-electron chi connectivity index (χ1n) is 6.85. The molecule has 1 heterocycles. The largest absolute Gasteiger partial charge is 0.493 e. The fourth-order valence-corrected chi connectivity index (χ4v) is 4.31. The van der Waals surface area contributed by atoms with Crippen LogP contribution >= 0.6 is 15.9 Å². The van der Waals surface area contributed by atoms with Gasteiger partial charge in [-0.25, -0.2) is 0 Å². The predicted octanol–water partition coefficient (Wildman–Crippen LogP) is 3.46. The maximum Gasteiger partial charge on any atom is 0.128 e. The molecule has 18 heavy (non-hydrogen) atoms. The van der Waals surface area contributed by atoms with Crippen molar-refractivity contribution in [1.82, 2.24) is 0 Å². The second kappa shape index (κ2) is 3.97. The number of hydrogen-bond acceptors (Lipinski definition) is 2. The van der Waals surface area contributed by atoms with Crippen molar-refractivity contribution in [2.45, 2.75) is 31.8 Å². The second-order valence-electron chi connectivity index (χ2n) is 6.01. The second-order valence-corrected chi connectivity index (χ2v) is 6.93. The Balaban J connectivity index is 1.67. The molecular weight excluding hydrogens is 292 g/mol. The molecule has 0 radical (unpaired) electrons. The lowest BCUT2D eigenvalue weighted by Crippen LogP contribution is -2.12. The lowest BCUT2D eigenvalue weighted by molar-refractivity contribution is 0.101. The van der Waals surface area contributed by atoms with Crippen LogP contribution in [-0.2, 0) is 6.42 Å². The van der Waals surface area contributed by atoms with Crippen molar-refractivity contribution in [3.05, 3.63) is 27.7 Å². The van der Waals surface area contributed by atoms with Gasteiger partial charge in [0.25, 0.3) is 0 Å². The van der Waals surface area contributed by atoms with Crippen LogP contribution in [-0.4, -0.2) is 11.7 Å². The monoisotopic (exact) mass is 308 g/mol. The number of benzene rings is 1. The molecule has 3 heteroatoms. The third-order valence-electron chi connectivity index (χ3n) is 4.82. The quantitative estimate of drug-likeness (QED) is 0.906. The zero-order valence-corrected chi connectivity index (χ0v) is 11.8. The predicted molar refractivity (Wildman–Crippen MR) is 72.6 cm³/mol. The van der Waals surface area contributed by atoms with E-state index in [1.54, 1.807) is 0 Å². The van der Waals surface area contributed by atoms with Crippen LogP contribution in [0.3, 0.4) is 0 Å². The topological polar surface area (TPSA) is 29.5 Å². The van der Waals surface area contributed by atoms with Crippen LogP contribution in [0, 0.1) is 17.8 Å². The molecule has 1 aliphatic heterocycles. The van der Waals surface area contributed by atoms with E-state index in [9.17, 15) is 5.11 Å². The number of hydrogen-bond donors (Lipinski definition) is 1. The van der Waals surface area contributed by atoms with Gasteiger partial charge in [0.2, 0.25) is 0 Å². The van der Waals surface area contributed by atoms with Gasteiger partial charge < -0.3 is 9.84 Å². The van der Waals surface area contributed by atoms with Crippen LogP contribution in [0.2, 0.25) is 0 Å². The number of aliphatic hydroxyl groups excluding tert-OH is 1. The SMILES string of the molecule is OC(c1cc(Br)cc2c1OCC2)C1CC2CC2C1. The van der Waals surface area contributed by atoms with E-state index in [1.807, 2.05) is 6.07 Å². The average molecular weight is 309 g/mol. The molecule has 0 amide bonds. The Morgan fingerprint density at radius 2 is 2.00 bits per heavy atom. The summed E-state index contributed by atoms with van der Waals surface area (Å²) in [6.45, 7) is 0.751. The third-order valence-corrected chi connectivity index (χ3v) is 5.28. The van der Waals surface area contributed by atoms with Crippen LogP contribution in [0.15, 0.2) is 16.6 Å². The number of ether oxygens (including phenoxy) is 1. The van der Waals surface area contributed by atoms with Gasteiger partial charge in [-0.05, 0) is 54.7 Å². The summed E-state index contributed by atoms with van der Waals surface area (Å²) in [5.74, 6) is 3.21. The molecule has 0 aromatic heterocycles. The summed E-state index contributed by atoms with van der Waals surface area (Å²) < 4.78 is 6.78. The highest BCUT2D eigenvalue weighted by Gasteiger charge is 2.48. The lowest BCUT2D eigenvalue weighted by atomic mass is 9.90. The minimum absolute atomic E-state index is 0.345. The Morgan fingerprint density at radius 3 is 2.78 bits per heavy atom. The normalized spacial score (nSPS) is 33.8. The molecule has 3 atom stereocenters. The average Bonchev–Trinajstić information content (AvgIpc) is 2.80. The number of halogens is 1. The Kier molecular flexibility index (Phi) is 2.50. The van der Waals surface area contributed by atoms with Gasteiger partial charge in [0.15, 0.2) is 0 Å². The van der Waals surface area contributed by atoms with Gasteiger partial charge in [-0.15, -0.1) is 0 Å². The molecule has 0 spiro atoms. The summed E-state index contributed by atoms with van der Waals surface area (Å²) in [4.78, 5) is 0. The molecule has 4 rings (SSSR count). The standard InChI is InChI=1S/C15H17BrO2/c16-12-6-8-1-2-18-15(8)13(7-12)14(17)11-4-9-3-10(9)5-11/h6-7,9-11,14,17H,1-5H2. The van der Waals surface area contributed by atoms with Gasteiger partial charge in [0, 0.05) is 16.5 Å². The number of rotatable bonds is 2. The van der Waals surface area contributed by atoms with Crippen LogP contribution in [0.5, 0.6) is 5.75 Å². The molecule has 1 N–H and O–H groups in total. The van der Waals surface area contributed by atoms with E-state index in [1.165, 1.54) is 24.8 Å². The fourth-order valence-electron chi connectivity index (χ4n) is 3.79. The highest BCUT2D eigenvalue weighted by atomic mass is 79.9. The molecule has 2 fully saturated rings. The van der Waals surface area contributed by atoms with E-state index in [0.29, 0.717) is 5.92 Å². The summed E-state index contributed by atoms with van der Waals surface area (Å²) in [5, 5.41) is 10.6. The highest BCUT2D eigenvalue weighted by Crippen LogP contribution is 2.57. The van der Waals surface area contributed by atoms with Gasteiger partial charge in [0.1, 0.15) is 5.75 Å². The van der Waals surface area contributed by atoms with Gasteiger partial charge in [-0.2, -0.15) is 0 Å². The molecule has 2 saturated carbocycles. The molecule has 2 aliphatic carbocycles. The summed E-state index contributed by atoms with van der Waals surface area (Å²) in [6.07, 6.45) is 4.42. The maximum atomic E-state index is 10.6. The summed E-state index contributed by atoms with van der Waals surface area (Å²) >= 11 is 3.55. The maximum absolute atomic E-state index is 10.6. The van der Waals surface area contributed by atoms with E-state index in [2.05, 4.69) is 22.0 Å². The minimum atomic E-state index is -0.345. The van der Waals surface area contributed by atoms with E-state index < -0.39 is 0 Å². The van der Waals surface area contributed by atoms with Gasteiger partial charge >= 0.3 is 0 Å². The van der Waals surface area contributed by atoms with Crippen molar-refractivity contribution >= 4 is 15.9 Å². The summed E-state index contributed by atoms with van der Waals surface area (Å²) in [6, 6.07) is 4.16. The van der Waals surface area contributed by atoms with Crippen molar-refractivity contribution in [2.75, 3.05) is 6.61 Å². The van der Waals surface area contributed by atoms with Gasteiger partial charge in [-0.3, -0.25) is 0 Å². The lowest BCUT2D eigenvalue weighted by Gasteiger charge is -2.22. The molecule has 1 aromatic carbocycles. The minimum Gasteiger partial charge on any atom is -0.493 e. The zero-order valence-electron chi connectivity index (χ0n) is 10.2.